The number of hydrogen-bond acceptors (Lipinski definition) is 4. The van der Waals surface area contributed by atoms with E-state index in [1.165, 1.54) is 6.07 Å². The Morgan fingerprint density at radius 3 is 2.70 bits per heavy atom. The van der Waals surface area contributed by atoms with Crippen molar-refractivity contribution in [1.29, 1.82) is 0 Å². The van der Waals surface area contributed by atoms with Crippen LogP contribution in [-0.2, 0) is 6.54 Å². The number of rotatable bonds is 4. The summed E-state index contributed by atoms with van der Waals surface area (Å²) in [5.41, 5.74) is 6.17. The van der Waals surface area contributed by atoms with E-state index in [0.717, 1.165) is 5.56 Å². The van der Waals surface area contributed by atoms with E-state index < -0.39 is 4.92 Å². The van der Waals surface area contributed by atoms with Gasteiger partial charge in [0.05, 0.1) is 9.40 Å². The summed E-state index contributed by atoms with van der Waals surface area (Å²) in [6, 6.07) is 9.57. The van der Waals surface area contributed by atoms with Crippen molar-refractivity contribution in [3.8, 4) is 11.5 Å². The number of para-hydroxylation sites is 1. The Balaban J connectivity index is 2.39. The third kappa shape index (κ3) is 3.09. The first-order chi connectivity index (χ1) is 9.52. The van der Waals surface area contributed by atoms with E-state index in [9.17, 15) is 10.1 Å². The molecule has 2 rings (SSSR count). The monoisotopic (exact) mass is 356 g/mol. The summed E-state index contributed by atoms with van der Waals surface area (Å²) in [6.45, 7) is 0.314. The van der Waals surface area contributed by atoms with E-state index in [2.05, 4.69) is 15.9 Å². The molecule has 0 heterocycles. The van der Waals surface area contributed by atoms with Crippen LogP contribution in [0.5, 0.6) is 11.5 Å². The van der Waals surface area contributed by atoms with E-state index in [-0.39, 0.29) is 11.4 Å². The van der Waals surface area contributed by atoms with Crippen LogP contribution in [0.3, 0.4) is 0 Å². The summed E-state index contributed by atoms with van der Waals surface area (Å²) in [4.78, 5) is 10.5. The molecule has 5 nitrogen and oxygen atoms in total. The van der Waals surface area contributed by atoms with Crippen LogP contribution in [0.15, 0.2) is 40.9 Å². The molecule has 0 fully saturated rings. The molecule has 0 aliphatic heterocycles. The van der Waals surface area contributed by atoms with Gasteiger partial charge in [0.2, 0.25) is 5.75 Å². The van der Waals surface area contributed by atoms with Gasteiger partial charge in [0.25, 0.3) is 0 Å². The number of halogens is 2. The zero-order valence-corrected chi connectivity index (χ0v) is 12.5. The number of benzene rings is 2. The van der Waals surface area contributed by atoms with E-state index in [1.807, 2.05) is 0 Å². The van der Waals surface area contributed by atoms with E-state index in [1.54, 1.807) is 30.3 Å². The van der Waals surface area contributed by atoms with Crippen LogP contribution in [0.1, 0.15) is 5.56 Å². The SMILES string of the molecule is NCc1ccc(Oc2c(Br)cccc2[N+](=O)[O-])cc1Cl. The summed E-state index contributed by atoms with van der Waals surface area (Å²) in [5, 5.41) is 11.5. The minimum Gasteiger partial charge on any atom is -0.449 e. The highest BCUT2D eigenvalue weighted by atomic mass is 79.9. The van der Waals surface area contributed by atoms with Gasteiger partial charge in [0, 0.05) is 17.6 Å². The Hall–Kier alpha value is -1.63. The summed E-state index contributed by atoms with van der Waals surface area (Å²) in [6.07, 6.45) is 0. The Labute approximate surface area is 128 Å². The Kier molecular flexibility index (Phi) is 4.59. The molecule has 2 aromatic rings. The van der Waals surface area contributed by atoms with Crippen molar-refractivity contribution in [2.24, 2.45) is 5.73 Å². The lowest BCUT2D eigenvalue weighted by Gasteiger charge is -2.09. The van der Waals surface area contributed by atoms with Crippen LogP contribution >= 0.6 is 27.5 Å². The number of nitrogens with zero attached hydrogens (tertiary/aromatic N) is 1. The molecule has 0 amide bonds. The van der Waals surface area contributed by atoms with Crippen LogP contribution < -0.4 is 10.5 Å². The van der Waals surface area contributed by atoms with Gasteiger partial charge in [-0.2, -0.15) is 0 Å². The maximum atomic E-state index is 11.0. The van der Waals surface area contributed by atoms with Crippen molar-refractivity contribution < 1.29 is 9.66 Å². The summed E-state index contributed by atoms with van der Waals surface area (Å²) in [7, 11) is 0. The first-order valence-corrected chi connectivity index (χ1v) is 6.79. The quantitative estimate of drug-likeness (QED) is 0.655. The molecule has 7 heteroatoms. The van der Waals surface area contributed by atoms with Gasteiger partial charge in [0.1, 0.15) is 5.75 Å². The lowest BCUT2D eigenvalue weighted by molar-refractivity contribution is -0.385. The maximum Gasteiger partial charge on any atom is 0.312 e. The summed E-state index contributed by atoms with van der Waals surface area (Å²) in [5.74, 6) is 0.538. The molecular weight excluding hydrogens is 348 g/mol. The Bertz CT molecular complexity index is 664. The molecule has 0 saturated heterocycles. The smallest absolute Gasteiger partial charge is 0.312 e. The molecule has 0 saturated carbocycles. The predicted molar refractivity (Wildman–Crippen MR) is 80.2 cm³/mol. The number of nitro groups is 1. The van der Waals surface area contributed by atoms with E-state index in [4.69, 9.17) is 22.1 Å². The molecule has 0 atom stereocenters. The van der Waals surface area contributed by atoms with Crippen LogP contribution in [0.4, 0.5) is 5.69 Å². The molecule has 0 aromatic heterocycles. The lowest BCUT2D eigenvalue weighted by atomic mass is 10.2. The van der Waals surface area contributed by atoms with Crippen LogP contribution in [-0.4, -0.2) is 4.92 Å². The van der Waals surface area contributed by atoms with Crippen molar-refractivity contribution >= 4 is 33.2 Å². The molecule has 2 aromatic carbocycles. The average molecular weight is 358 g/mol. The molecular formula is C13H10BrClN2O3. The third-order valence-electron chi connectivity index (χ3n) is 2.61. The van der Waals surface area contributed by atoms with Crippen molar-refractivity contribution in [3.05, 3.63) is 61.6 Å². The van der Waals surface area contributed by atoms with Crippen LogP contribution in [0, 0.1) is 10.1 Å². The van der Waals surface area contributed by atoms with Crippen LogP contribution in [0.25, 0.3) is 0 Å². The molecule has 0 radical (unpaired) electrons. The molecule has 2 N–H and O–H groups in total. The molecule has 0 bridgehead atoms. The fourth-order valence-electron chi connectivity index (χ4n) is 1.62. The number of nitro benzene ring substituents is 1. The van der Waals surface area contributed by atoms with Crippen molar-refractivity contribution in [3.63, 3.8) is 0 Å². The van der Waals surface area contributed by atoms with Gasteiger partial charge in [-0.1, -0.05) is 23.7 Å². The Morgan fingerprint density at radius 2 is 2.10 bits per heavy atom. The molecule has 104 valence electrons. The van der Waals surface area contributed by atoms with Gasteiger partial charge in [-0.15, -0.1) is 0 Å². The number of hydrogen-bond donors (Lipinski definition) is 1. The predicted octanol–water partition coefficient (Wildman–Crippen LogP) is 4.26. The van der Waals surface area contributed by atoms with Crippen molar-refractivity contribution in [2.45, 2.75) is 6.54 Å². The summed E-state index contributed by atoms with van der Waals surface area (Å²) >= 11 is 9.27. The minimum atomic E-state index is -0.504. The van der Waals surface area contributed by atoms with E-state index in [0.29, 0.717) is 21.8 Å². The fourth-order valence-corrected chi connectivity index (χ4v) is 2.30. The van der Waals surface area contributed by atoms with Gasteiger partial charge in [-0.3, -0.25) is 10.1 Å². The second-order valence-corrected chi connectivity index (χ2v) is 5.17. The highest BCUT2D eigenvalue weighted by Gasteiger charge is 2.18. The van der Waals surface area contributed by atoms with Gasteiger partial charge < -0.3 is 10.5 Å². The van der Waals surface area contributed by atoms with E-state index >= 15 is 0 Å². The van der Waals surface area contributed by atoms with Crippen LogP contribution in [0.2, 0.25) is 5.02 Å². The fraction of sp³-hybridized carbons (Fsp3) is 0.0769. The van der Waals surface area contributed by atoms with Crippen molar-refractivity contribution in [2.75, 3.05) is 0 Å². The number of nitrogens with two attached hydrogens (primary N) is 1. The largest absolute Gasteiger partial charge is 0.449 e. The Morgan fingerprint density at radius 1 is 1.35 bits per heavy atom. The zero-order chi connectivity index (χ0) is 14.7. The zero-order valence-electron chi connectivity index (χ0n) is 10.2. The second-order valence-electron chi connectivity index (χ2n) is 3.90. The van der Waals surface area contributed by atoms with Gasteiger partial charge in [-0.05, 0) is 39.7 Å². The average Bonchev–Trinajstić information content (AvgIpc) is 2.41. The van der Waals surface area contributed by atoms with Gasteiger partial charge in [-0.25, -0.2) is 0 Å². The molecule has 20 heavy (non-hydrogen) atoms. The topological polar surface area (TPSA) is 78.4 Å². The summed E-state index contributed by atoms with van der Waals surface area (Å²) < 4.78 is 6.06. The molecule has 0 unspecified atom stereocenters. The minimum absolute atomic E-state index is 0.126. The van der Waals surface area contributed by atoms with Crippen molar-refractivity contribution in [1.82, 2.24) is 0 Å². The van der Waals surface area contributed by atoms with Gasteiger partial charge >= 0.3 is 5.69 Å². The third-order valence-corrected chi connectivity index (χ3v) is 3.58. The van der Waals surface area contributed by atoms with Gasteiger partial charge in [0.15, 0.2) is 0 Å². The highest BCUT2D eigenvalue weighted by Crippen LogP contribution is 2.38. The lowest BCUT2D eigenvalue weighted by Crippen LogP contribution is -1.98. The molecule has 0 spiro atoms. The number of ether oxygens (including phenoxy) is 1. The standard InChI is InChI=1S/C13H10BrClN2O3/c14-10-2-1-3-12(17(18)19)13(10)20-9-5-4-8(7-16)11(15)6-9/h1-6H,7,16H2. The first kappa shape index (κ1) is 14.8. The maximum absolute atomic E-state index is 11.0. The second kappa shape index (κ2) is 6.21. The molecule has 0 aliphatic carbocycles. The molecule has 0 aliphatic rings. The highest BCUT2D eigenvalue weighted by molar-refractivity contribution is 9.10. The first-order valence-electron chi connectivity index (χ1n) is 5.62. The normalized spacial score (nSPS) is 10.3.